The SMILES string of the molecule is CC(C)(C)C1CCc2c(sc3ncn(CCC(=O)NCC(=O)O)c(=O)c23)C1. The number of thiophene rings is 1. The molecule has 2 heterocycles. The fourth-order valence-corrected chi connectivity index (χ4v) is 4.84. The number of carboxylic acids is 1. The highest BCUT2D eigenvalue weighted by molar-refractivity contribution is 7.18. The quantitative estimate of drug-likeness (QED) is 0.814. The van der Waals surface area contributed by atoms with Crippen LogP contribution in [0.4, 0.5) is 0 Å². The number of carbonyl (C=O) groups excluding carboxylic acids is 1. The molecule has 2 aromatic rings. The Balaban J connectivity index is 1.81. The van der Waals surface area contributed by atoms with E-state index in [2.05, 4.69) is 31.1 Å². The highest BCUT2D eigenvalue weighted by atomic mass is 32.1. The number of hydrogen-bond acceptors (Lipinski definition) is 5. The molecule has 3 rings (SSSR count). The van der Waals surface area contributed by atoms with Crippen molar-refractivity contribution in [3.63, 3.8) is 0 Å². The Morgan fingerprint density at radius 1 is 1.41 bits per heavy atom. The molecule has 7 nitrogen and oxygen atoms in total. The van der Waals surface area contributed by atoms with Gasteiger partial charge in [0.25, 0.3) is 5.56 Å². The summed E-state index contributed by atoms with van der Waals surface area (Å²) in [5.74, 6) is -0.898. The fraction of sp³-hybridized carbons (Fsp3) is 0.579. The molecule has 1 amide bonds. The van der Waals surface area contributed by atoms with Gasteiger partial charge in [-0.15, -0.1) is 11.3 Å². The molecule has 27 heavy (non-hydrogen) atoms. The maximum atomic E-state index is 12.9. The number of nitrogens with one attached hydrogen (secondary N) is 1. The standard InChI is InChI=1S/C19H25N3O4S/c1-19(2,3)11-4-5-12-13(8-11)27-17-16(12)18(26)22(10-21-17)7-6-14(23)20-9-15(24)25/h10-11H,4-9H2,1-3H3,(H,20,23)(H,24,25). The fourth-order valence-electron chi connectivity index (χ4n) is 3.58. The molecule has 1 atom stereocenters. The van der Waals surface area contributed by atoms with E-state index in [1.807, 2.05) is 0 Å². The van der Waals surface area contributed by atoms with Crippen LogP contribution in [0, 0.1) is 11.3 Å². The van der Waals surface area contributed by atoms with Crippen LogP contribution >= 0.6 is 11.3 Å². The second kappa shape index (κ2) is 7.42. The first-order valence-electron chi connectivity index (χ1n) is 9.15. The van der Waals surface area contributed by atoms with Gasteiger partial charge in [-0.25, -0.2) is 4.98 Å². The molecular weight excluding hydrogens is 366 g/mol. The molecule has 1 unspecified atom stereocenters. The third-order valence-electron chi connectivity index (χ3n) is 5.28. The van der Waals surface area contributed by atoms with Gasteiger partial charge in [0.1, 0.15) is 11.4 Å². The van der Waals surface area contributed by atoms with Crippen LogP contribution < -0.4 is 10.9 Å². The predicted molar refractivity (Wildman–Crippen MR) is 104 cm³/mol. The van der Waals surface area contributed by atoms with Crippen molar-refractivity contribution < 1.29 is 14.7 Å². The molecule has 2 N–H and O–H groups in total. The van der Waals surface area contributed by atoms with Gasteiger partial charge >= 0.3 is 5.97 Å². The topological polar surface area (TPSA) is 101 Å². The summed E-state index contributed by atoms with van der Waals surface area (Å²) in [6.45, 7) is 6.55. The molecule has 0 saturated heterocycles. The predicted octanol–water partition coefficient (Wildman–Crippen LogP) is 2.20. The summed E-state index contributed by atoms with van der Waals surface area (Å²) < 4.78 is 1.45. The number of aliphatic carboxylic acids is 1. The van der Waals surface area contributed by atoms with E-state index in [4.69, 9.17) is 5.11 Å². The molecule has 2 aromatic heterocycles. The van der Waals surface area contributed by atoms with Crippen molar-refractivity contribution in [2.75, 3.05) is 6.54 Å². The van der Waals surface area contributed by atoms with Crippen molar-refractivity contribution in [3.8, 4) is 0 Å². The van der Waals surface area contributed by atoms with Gasteiger partial charge in [-0.05, 0) is 36.2 Å². The first kappa shape index (κ1) is 19.5. The first-order chi connectivity index (χ1) is 12.7. The minimum atomic E-state index is -1.10. The van der Waals surface area contributed by atoms with Gasteiger partial charge in [0, 0.05) is 17.8 Å². The molecule has 0 fully saturated rings. The molecule has 0 saturated carbocycles. The van der Waals surface area contributed by atoms with Gasteiger partial charge < -0.3 is 10.4 Å². The van der Waals surface area contributed by atoms with Gasteiger partial charge in [-0.2, -0.15) is 0 Å². The van der Waals surface area contributed by atoms with Crippen LogP contribution in [0.2, 0.25) is 0 Å². The Kier molecular flexibility index (Phi) is 5.37. The zero-order chi connectivity index (χ0) is 19.8. The van der Waals surface area contributed by atoms with Crippen molar-refractivity contribution in [3.05, 3.63) is 27.1 Å². The number of fused-ring (bicyclic) bond motifs is 3. The number of carboxylic acid groups (broad SMARTS) is 1. The van der Waals surface area contributed by atoms with E-state index in [9.17, 15) is 14.4 Å². The molecular formula is C19H25N3O4S. The second-order valence-corrected chi connectivity index (χ2v) is 9.24. The van der Waals surface area contributed by atoms with E-state index in [0.29, 0.717) is 11.3 Å². The Labute approximate surface area is 161 Å². The van der Waals surface area contributed by atoms with Crippen molar-refractivity contribution in [2.45, 2.75) is 53.0 Å². The average Bonchev–Trinajstić information content (AvgIpc) is 2.97. The van der Waals surface area contributed by atoms with Crippen LogP contribution in [0.5, 0.6) is 0 Å². The van der Waals surface area contributed by atoms with E-state index in [1.165, 1.54) is 15.8 Å². The Morgan fingerprint density at radius 3 is 2.81 bits per heavy atom. The van der Waals surface area contributed by atoms with Gasteiger partial charge in [0.05, 0.1) is 11.7 Å². The van der Waals surface area contributed by atoms with Gasteiger partial charge in [0.2, 0.25) is 5.91 Å². The molecule has 8 heteroatoms. The van der Waals surface area contributed by atoms with E-state index < -0.39 is 18.4 Å². The smallest absolute Gasteiger partial charge is 0.322 e. The normalized spacial score (nSPS) is 16.9. The van der Waals surface area contributed by atoms with E-state index in [0.717, 1.165) is 29.7 Å². The minimum absolute atomic E-state index is 0.0405. The molecule has 0 spiro atoms. The molecule has 0 bridgehead atoms. The molecule has 0 radical (unpaired) electrons. The average molecular weight is 391 g/mol. The summed E-state index contributed by atoms with van der Waals surface area (Å²) in [5, 5.41) is 11.6. The van der Waals surface area contributed by atoms with Crippen molar-refractivity contribution in [1.29, 1.82) is 0 Å². The molecule has 0 aromatic carbocycles. The number of nitrogens with zero attached hydrogens (tertiary/aromatic N) is 2. The Hall–Kier alpha value is -2.22. The summed E-state index contributed by atoms with van der Waals surface area (Å²) >= 11 is 1.61. The van der Waals surface area contributed by atoms with Crippen LogP contribution in [-0.2, 0) is 29.0 Å². The zero-order valence-electron chi connectivity index (χ0n) is 15.9. The lowest BCUT2D eigenvalue weighted by Crippen LogP contribution is -2.31. The number of carbonyl (C=O) groups is 2. The summed E-state index contributed by atoms with van der Waals surface area (Å²) in [6.07, 6.45) is 4.46. The van der Waals surface area contributed by atoms with Gasteiger partial charge in [-0.3, -0.25) is 19.0 Å². The molecule has 146 valence electrons. The summed E-state index contributed by atoms with van der Waals surface area (Å²) in [7, 11) is 0. The van der Waals surface area contributed by atoms with E-state index in [1.54, 1.807) is 11.3 Å². The molecule has 1 aliphatic carbocycles. The number of aryl methyl sites for hydroxylation is 2. The van der Waals surface area contributed by atoms with Crippen molar-refractivity contribution in [1.82, 2.24) is 14.9 Å². The van der Waals surface area contributed by atoms with Gasteiger partial charge in [0.15, 0.2) is 0 Å². The van der Waals surface area contributed by atoms with Crippen molar-refractivity contribution in [2.24, 2.45) is 11.3 Å². The molecule has 1 aliphatic rings. The largest absolute Gasteiger partial charge is 0.480 e. The van der Waals surface area contributed by atoms with Crippen LogP contribution in [0.15, 0.2) is 11.1 Å². The third-order valence-corrected chi connectivity index (χ3v) is 6.44. The number of hydrogen-bond donors (Lipinski definition) is 2. The Bertz CT molecular complexity index is 939. The Morgan fingerprint density at radius 2 is 2.15 bits per heavy atom. The summed E-state index contributed by atoms with van der Waals surface area (Å²) in [4.78, 5) is 41.6. The van der Waals surface area contributed by atoms with Crippen LogP contribution in [-0.4, -0.2) is 33.1 Å². The first-order valence-corrected chi connectivity index (χ1v) is 9.96. The van der Waals surface area contributed by atoms with E-state index >= 15 is 0 Å². The minimum Gasteiger partial charge on any atom is -0.480 e. The second-order valence-electron chi connectivity index (χ2n) is 8.15. The lowest BCUT2D eigenvalue weighted by atomic mass is 9.72. The highest BCUT2D eigenvalue weighted by Crippen LogP contribution is 2.41. The van der Waals surface area contributed by atoms with Gasteiger partial charge in [-0.1, -0.05) is 20.8 Å². The third kappa shape index (κ3) is 4.21. The number of rotatable bonds is 5. The molecule has 0 aliphatic heterocycles. The maximum Gasteiger partial charge on any atom is 0.322 e. The van der Waals surface area contributed by atoms with Crippen LogP contribution in [0.1, 0.15) is 44.1 Å². The maximum absolute atomic E-state index is 12.9. The summed E-state index contributed by atoms with van der Waals surface area (Å²) in [6, 6.07) is 0. The zero-order valence-corrected chi connectivity index (χ0v) is 16.7. The number of aromatic nitrogens is 2. The van der Waals surface area contributed by atoms with Crippen LogP contribution in [0.3, 0.4) is 0 Å². The monoisotopic (exact) mass is 391 g/mol. The van der Waals surface area contributed by atoms with Crippen molar-refractivity contribution >= 4 is 33.4 Å². The summed E-state index contributed by atoms with van der Waals surface area (Å²) in [5.41, 5.74) is 1.25. The lowest BCUT2D eigenvalue weighted by molar-refractivity contribution is -0.138. The van der Waals surface area contributed by atoms with Crippen LogP contribution in [0.25, 0.3) is 10.2 Å². The number of amides is 1. The van der Waals surface area contributed by atoms with E-state index in [-0.39, 0.29) is 23.9 Å². The highest BCUT2D eigenvalue weighted by Gasteiger charge is 2.31. The lowest BCUT2D eigenvalue weighted by Gasteiger charge is -2.33.